The summed E-state index contributed by atoms with van der Waals surface area (Å²) in [5.74, 6) is 0.270. The van der Waals surface area contributed by atoms with Crippen LogP contribution in [0.1, 0.15) is 18.1 Å². The van der Waals surface area contributed by atoms with Crippen LogP contribution in [-0.4, -0.2) is 44.4 Å². The van der Waals surface area contributed by atoms with E-state index in [4.69, 9.17) is 0 Å². The number of nitrogens with zero attached hydrogens (tertiary/aromatic N) is 5. The molecule has 0 fully saturated rings. The van der Waals surface area contributed by atoms with Crippen LogP contribution in [0.4, 0.5) is 26.1 Å². The Labute approximate surface area is 171 Å². The van der Waals surface area contributed by atoms with Gasteiger partial charge in [0.25, 0.3) is 6.43 Å². The Kier molecular flexibility index (Phi) is 5.05. The number of nitriles is 1. The molecule has 0 spiro atoms. The van der Waals surface area contributed by atoms with Crippen molar-refractivity contribution in [3.63, 3.8) is 0 Å². The summed E-state index contributed by atoms with van der Waals surface area (Å²) in [6.07, 6.45) is 1.94. The molecule has 1 unspecified atom stereocenters. The highest BCUT2D eigenvalue weighted by Crippen LogP contribution is 2.41. The highest BCUT2D eigenvalue weighted by molar-refractivity contribution is 5.76. The molecule has 0 amide bonds. The molecule has 3 heterocycles. The van der Waals surface area contributed by atoms with Gasteiger partial charge in [0.1, 0.15) is 12.6 Å². The fourth-order valence-corrected chi connectivity index (χ4v) is 3.44. The Morgan fingerprint density at radius 2 is 2.27 bits per heavy atom. The van der Waals surface area contributed by atoms with Gasteiger partial charge >= 0.3 is 0 Å². The number of hydrogen-bond acceptors (Lipinski definition) is 7. The molecule has 0 saturated heterocycles. The predicted octanol–water partition coefficient (Wildman–Crippen LogP) is 2.90. The SMILES string of the molecule is CC1(CO)CNc2c(C#N)cc(-c3ccnc(Nc4cnn(CC(F)F)c4)n3)cc21. The topological polar surface area (TPSA) is 112 Å². The van der Waals surface area contributed by atoms with Gasteiger partial charge in [-0.2, -0.15) is 10.4 Å². The third kappa shape index (κ3) is 3.67. The second-order valence-corrected chi connectivity index (χ2v) is 7.36. The summed E-state index contributed by atoms with van der Waals surface area (Å²) in [7, 11) is 0. The van der Waals surface area contributed by atoms with Crippen molar-refractivity contribution in [2.45, 2.75) is 25.3 Å². The zero-order valence-corrected chi connectivity index (χ0v) is 16.1. The predicted molar refractivity (Wildman–Crippen MR) is 107 cm³/mol. The molecule has 30 heavy (non-hydrogen) atoms. The first kappa shape index (κ1) is 19.7. The lowest BCUT2D eigenvalue weighted by Crippen LogP contribution is -2.28. The maximum absolute atomic E-state index is 12.5. The van der Waals surface area contributed by atoms with Crippen molar-refractivity contribution in [3.8, 4) is 17.3 Å². The molecule has 154 valence electrons. The number of aromatic nitrogens is 4. The Hall–Kier alpha value is -3.58. The van der Waals surface area contributed by atoms with Crippen LogP contribution in [-0.2, 0) is 12.0 Å². The maximum Gasteiger partial charge on any atom is 0.257 e. The summed E-state index contributed by atoms with van der Waals surface area (Å²) >= 11 is 0. The van der Waals surface area contributed by atoms with Gasteiger partial charge in [-0.1, -0.05) is 6.92 Å². The zero-order chi connectivity index (χ0) is 21.3. The Morgan fingerprint density at radius 3 is 3.00 bits per heavy atom. The summed E-state index contributed by atoms with van der Waals surface area (Å²) in [5, 5.41) is 29.4. The van der Waals surface area contributed by atoms with Gasteiger partial charge in [0.05, 0.1) is 35.4 Å². The number of alkyl halides is 2. The fourth-order valence-electron chi connectivity index (χ4n) is 3.44. The molecular weight excluding hydrogens is 392 g/mol. The molecule has 0 aliphatic carbocycles. The summed E-state index contributed by atoms with van der Waals surface area (Å²) in [6, 6.07) is 7.57. The van der Waals surface area contributed by atoms with Crippen molar-refractivity contribution in [3.05, 3.63) is 47.9 Å². The van der Waals surface area contributed by atoms with E-state index in [-0.39, 0.29) is 12.6 Å². The first-order valence-electron chi connectivity index (χ1n) is 9.26. The Balaban J connectivity index is 1.65. The summed E-state index contributed by atoms with van der Waals surface area (Å²) in [4.78, 5) is 8.65. The van der Waals surface area contributed by atoms with Crippen molar-refractivity contribution in [1.82, 2.24) is 19.7 Å². The average Bonchev–Trinajstić information content (AvgIpc) is 3.31. The second kappa shape index (κ2) is 7.68. The Morgan fingerprint density at radius 1 is 1.43 bits per heavy atom. The van der Waals surface area contributed by atoms with Crippen LogP contribution in [0.2, 0.25) is 0 Å². The van der Waals surface area contributed by atoms with E-state index < -0.39 is 18.4 Å². The van der Waals surface area contributed by atoms with E-state index in [9.17, 15) is 19.1 Å². The summed E-state index contributed by atoms with van der Waals surface area (Å²) < 4.78 is 26.1. The average molecular weight is 411 g/mol. The molecule has 4 rings (SSSR count). The van der Waals surface area contributed by atoms with E-state index in [1.54, 1.807) is 18.3 Å². The fraction of sp³-hybridized carbons (Fsp3) is 0.300. The zero-order valence-electron chi connectivity index (χ0n) is 16.1. The number of hydrogen-bond donors (Lipinski definition) is 3. The van der Waals surface area contributed by atoms with E-state index in [0.717, 1.165) is 15.9 Å². The summed E-state index contributed by atoms with van der Waals surface area (Å²) in [6.45, 7) is 1.92. The lowest BCUT2D eigenvalue weighted by Gasteiger charge is -2.21. The van der Waals surface area contributed by atoms with Crippen LogP contribution in [0, 0.1) is 11.3 Å². The van der Waals surface area contributed by atoms with Crippen molar-refractivity contribution in [1.29, 1.82) is 5.26 Å². The highest BCUT2D eigenvalue weighted by atomic mass is 19.3. The van der Waals surface area contributed by atoms with Crippen molar-refractivity contribution >= 4 is 17.3 Å². The van der Waals surface area contributed by atoms with E-state index in [0.29, 0.717) is 29.1 Å². The van der Waals surface area contributed by atoms with Crippen molar-refractivity contribution in [2.24, 2.45) is 0 Å². The van der Waals surface area contributed by atoms with Gasteiger partial charge in [-0.25, -0.2) is 18.7 Å². The second-order valence-electron chi connectivity index (χ2n) is 7.36. The maximum atomic E-state index is 12.5. The molecule has 1 aromatic carbocycles. The van der Waals surface area contributed by atoms with Gasteiger partial charge in [-0.05, 0) is 23.8 Å². The molecule has 3 N–H and O–H groups in total. The largest absolute Gasteiger partial charge is 0.395 e. The smallest absolute Gasteiger partial charge is 0.257 e. The van der Waals surface area contributed by atoms with Crippen LogP contribution in [0.25, 0.3) is 11.3 Å². The lowest BCUT2D eigenvalue weighted by atomic mass is 9.83. The molecular formula is C20H19F2N7O. The van der Waals surface area contributed by atoms with E-state index in [1.165, 1.54) is 12.4 Å². The lowest BCUT2D eigenvalue weighted by molar-refractivity contribution is 0.122. The number of fused-ring (bicyclic) bond motifs is 1. The van der Waals surface area contributed by atoms with Crippen molar-refractivity contribution < 1.29 is 13.9 Å². The third-order valence-electron chi connectivity index (χ3n) is 5.08. The normalized spacial score (nSPS) is 17.5. The van der Waals surface area contributed by atoms with Crippen LogP contribution in [0.15, 0.2) is 36.8 Å². The van der Waals surface area contributed by atoms with Gasteiger partial charge in [0, 0.05) is 29.9 Å². The number of halogens is 2. The molecule has 2 aromatic heterocycles. The van der Waals surface area contributed by atoms with Gasteiger partial charge in [-0.3, -0.25) is 4.68 Å². The van der Waals surface area contributed by atoms with Crippen LogP contribution < -0.4 is 10.6 Å². The molecule has 1 aliphatic rings. The number of rotatable bonds is 6. The minimum atomic E-state index is -2.49. The minimum absolute atomic E-state index is 0.0551. The van der Waals surface area contributed by atoms with E-state index in [1.807, 2.05) is 13.0 Å². The first-order chi connectivity index (χ1) is 14.4. The molecule has 0 radical (unpaired) electrons. The van der Waals surface area contributed by atoms with E-state index >= 15 is 0 Å². The van der Waals surface area contributed by atoms with Crippen LogP contribution >= 0.6 is 0 Å². The molecule has 3 aromatic rings. The van der Waals surface area contributed by atoms with Gasteiger partial charge in [0.15, 0.2) is 0 Å². The molecule has 1 aliphatic heterocycles. The number of aliphatic hydroxyl groups excluding tert-OH is 1. The number of benzene rings is 1. The van der Waals surface area contributed by atoms with Crippen LogP contribution in [0.3, 0.4) is 0 Å². The van der Waals surface area contributed by atoms with Gasteiger partial charge in [0.2, 0.25) is 5.95 Å². The number of aliphatic hydroxyl groups is 1. The quantitative estimate of drug-likeness (QED) is 0.572. The number of anilines is 3. The molecule has 0 bridgehead atoms. The molecule has 1 atom stereocenters. The monoisotopic (exact) mass is 411 g/mol. The van der Waals surface area contributed by atoms with Gasteiger partial charge < -0.3 is 15.7 Å². The first-order valence-corrected chi connectivity index (χ1v) is 9.26. The highest BCUT2D eigenvalue weighted by Gasteiger charge is 2.35. The third-order valence-corrected chi connectivity index (χ3v) is 5.08. The summed E-state index contributed by atoms with van der Waals surface area (Å²) in [5.41, 5.74) is 3.35. The van der Waals surface area contributed by atoms with Gasteiger partial charge in [-0.15, -0.1) is 0 Å². The van der Waals surface area contributed by atoms with Crippen LogP contribution in [0.5, 0.6) is 0 Å². The molecule has 10 heteroatoms. The Bertz CT molecular complexity index is 1120. The number of nitrogens with one attached hydrogen (secondary N) is 2. The van der Waals surface area contributed by atoms with E-state index in [2.05, 4.69) is 31.8 Å². The minimum Gasteiger partial charge on any atom is -0.395 e. The molecule has 8 nitrogen and oxygen atoms in total. The molecule has 0 saturated carbocycles. The van der Waals surface area contributed by atoms with Crippen molar-refractivity contribution in [2.75, 3.05) is 23.8 Å². The standard InChI is InChI=1S/C20H19F2N7O/c1-20(11-30)10-25-18-13(6-23)4-12(5-15(18)20)16-2-3-24-19(28-16)27-14-7-26-29(8-14)9-17(21)22/h2-5,7-8,17,25,30H,9-11H2,1H3,(H,24,27,28).